The Balaban J connectivity index is 2.01. The van der Waals surface area contributed by atoms with Gasteiger partial charge in [0, 0.05) is 10.6 Å². The van der Waals surface area contributed by atoms with Crippen LogP contribution in [0.15, 0.2) is 24.3 Å². The molecule has 0 spiro atoms. The minimum atomic E-state index is -0.450. The van der Waals surface area contributed by atoms with Crippen molar-refractivity contribution in [1.29, 1.82) is 0 Å². The average molecular weight is 298 g/mol. The summed E-state index contributed by atoms with van der Waals surface area (Å²) in [5.41, 5.74) is 0.733. The number of piperazine rings is 1. The van der Waals surface area contributed by atoms with E-state index in [9.17, 15) is 4.79 Å². The molecule has 2 N–H and O–H groups in total. The summed E-state index contributed by atoms with van der Waals surface area (Å²) in [5.74, 6) is 0. The fraction of sp³-hybridized carbons (Fsp3) is 0.533. The van der Waals surface area contributed by atoms with Gasteiger partial charge >= 0.3 is 6.09 Å². The van der Waals surface area contributed by atoms with Gasteiger partial charge in [0.05, 0.1) is 19.6 Å². The minimum absolute atomic E-state index is 0.232. The van der Waals surface area contributed by atoms with Crippen LogP contribution in [0.5, 0.6) is 0 Å². The Kier molecular flexibility index (Phi) is 4.55. The molecule has 1 aromatic rings. The van der Waals surface area contributed by atoms with Gasteiger partial charge in [-0.15, -0.1) is 0 Å². The highest BCUT2D eigenvalue weighted by molar-refractivity contribution is 6.30. The number of carbonyl (C=O) groups is 1. The van der Waals surface area contributed by atoms with Crippen molar-refractivity contribution in [2.45, 2.75) is 32.4 Å². The van der Waals surface area contributed by atoms with Gasteiger partial charge < -0.3 is 10.1 Å². The minimum Gasteiger partial charge on any atom is -0.444 e. The number of nitrogens with zero attached hydrogens (tertiary/aromatic N) is 1. The third kappa shape index (κ3) is 4.12. The summed E-state index contributed by atoms with van der Waals surface area (Å²) in [6.07, 6.45) is -0.232. The molecular weight excluding hydrogens is 276 g/mol. The summed E-state index contributed by atoms with van der Waals surface area (Å²) in [6.45, 7) is 7.93. The highest BCUT2D eigenvalue weighted by Gasteiger charge is 2.30. The molecule has 2 rings (SSSR count). The van der Waals surface area contributed by atoms with Crippen LogP contribution in [-0.2, 0) is 4.74 Å². The molecule has 1 aromatic carbocycles. The van der Waals surface area contributed by atoms with E-state index < -0.39 is 5.60 Å². The highest BCUT2D eigenvalue weighted by atomic mass is 35.5. The van der Waals surface area contributed by atoms with Crippen molar-refractivity contribution >= 4 is 17.7 Å². The SMILES string of the molecule is CC(C)(C)OC(=O)N1CC[NH2+][C@H](c2ccc(Cl)cc2)C1. The Morgan fingerprint density at radius 3 is 2.60 bits per heavy atom. The predicted octanol–water partition coefficient (Wildman–Crippen LogP) is 2.20. The van der Waals surface area contributed by atoms with E-state index in [2.05, 4.69) is 5.32 Å². The van der Waals surface area contributed by atoms with Crippen LogP contribution in [-0.4, -0.2) is 36.2 Å². The normalized spacial score (nSPS) is 19.8. The molecule has 0 radical (unpaired) electrons. The Labute approximate surface area is 125 Å². The molecule has 110 valence electrons. The molecule has 0 saturated carbocycles. The van der Waals surface area contributed by atoms with Crippen molar-refractivity contribution < 1.29 is 14.8 Å². The number of amides is 1. The van der Waals surface area contributed by atoms with Crippen LogP contribution in [0, 0.1) is 0 Å². The van der Waals surface area contributed by atoms with Crippen LogP contribution in [0.1, 0.15) is 32.4 Å². The summed E-state index contributed by atoms with van der Waals surface area (Å²) in [4.78, 5) is 13.9. The lowest BCUT2D eigenvalue weighted by Crippen LogP contribution is -2.90. The molecule has 1 aliphatic rings. The lowest BCUT2D eigenvalue weighted by Gasteiger charge is -2.32. The molecule has 0 bridgehead atoms. The fourth-order valence-corrected chi connectivity index (χ4v) is 2.40. The van der Waals surface area contributed by atoms with E-state index in [1.807, 2.05) is 45.0 Å². The Hall–Kier alpha value is -1.26. The quantitative estimate of drug-likeness (QED) is 0.864. The Morgan fingerprint density at radius 2 is 2.00 bits per heavy atom. The summed E-state index contributed by atoms with van der Waals surface area (Å²) in [7, 11) is 0. The number of ether oxygens (including phenoxy) is 1. The van der Waals surface area contributed by atoms with Crippen LogP contribution in [0.3, 0.4) is 0 Å². The lowest BCUT2D eigenvalue weighted by atomic mass is 10.0. The van der Waals surface area contributed by atoms with Crippen LogP contribution in [0.4, 0.5) is 4.79 Å². The van der Waals surface area contributed by atoms with Crippen molar-refractivity contribution in [2.75, 3.05) is 19.6 Å². The van der Waals surface area contributed by atoms with Gasteiger partial charge in [0.1, 0.15) is 11.6 Å². The van der Waals surface area contributed by atoms with E-state index in [1.165, 1.54) is 5.56 Å². The Morgan fingerprint density at radius 1 is 1.35 bits per heavy atom. The van der Waals surface area contributed by atoms with Crippen LogP contribution in [0.2, 0.25) is 5.02 Å². The first-order chi connectivity index (χ1) is 9.35. The zero-order valence-corrected chi connectivity index (χ0v) is 13.0. The maximum absolute atomic E-state index is 12.1. The van der Waals surface area contributed by atoms with Gasteiger partial charge in [-0.1, -0.05) is 23.7 Å². The average Bonchev–Trinajstić information content (AvgIpc) is 2.38. The zero-order valence-electron chi connectivity index (χ0n) is 12.2. The second-order valence-corrected chi connectivity index (χ2v) is 6.55. The predicted molar refractivity (Wildman–Crippen MR) is 78.8 cm³/mol. The molecular formula is C15H22ClN2O2+. The number of quaternary nitrogens is 1. The van der Waals surface area contributed by atoms with E-state index in [0.29, 0.717) is 6.54 Å². The molecule has 0 unspecified atom stereocenters. The molecule has 5 heteroatoms. The highest BCUT2D eigenvalue weighted by Crippen LogP contribution is 2.18. The number of halogens is 1. The standard InChI is InChI=1S/C15H21ClN2O2/c1-15(2,3)20-14(19)18-9-8-17-13(10-18)11-4-6-12(16)7-5-11/h4-7,13,17H,8-10H2,1-3H3/p+1/t13-/m0/s1. The first-order valence-corrected chi connectivity index (χ1v) is 7.30. The van der Waals surface area contributed by atoms with Gasteiger partial charge in [-0.25, -0.2) is 4.79 Å². The van der Waals surface area contributed by atoms with Crippen LogP contribution < -0.4 is 5.32 Å². The first-order valence-electron chi connectivity index (χ1n) is 6.92. The fourth-order valence-electron chi connectivity index (χ4n) is 2.28. The first kappa shape index (κ1) is 15.1. The summed E-state index contributed by atoms with van der Waals surface area (Å²) in [5, 5.41) is 2.98. The molecule has 1 aliphatic heterocycles. The third-order valence-electron chi connectivity index (χ3n) is 3.22. The molecule has 1 heterocycles. The maximum Gasteiger partial charge on any atom is 0.410 e. The number of benzene rings is 1. The largest absolute Gasteiger partial charge is 0.444 e. The molecule has 1 fully saturated rings. The summed E-state index contributed by atoms with van der Waals surface area (Å²) in [6, 6.07) is 8.05. The van der Waals surface area contributed by atoms with Crippen molar-refractivity contribution in [3.8, 4) is 0 Å². The van der Waals surface area contributed by atoms with Gasteiger partial charge in [-0.05, 0) is 32.9 Å². The van der Waals surface area contributed by atoms with Crippen molar-refractivity contribution in [3.05, 3.63) is 34.9 Å². The lowest BCUT2D eigenvalue weighted by molar-refractivity contribution is -0.703. The zero-order chi connectivity index (χ0) is 14.8. The number of carbonyl (C=O) groups excluding carboxylic acids is 1. The van der Waals surface area contributed by atoms with Crippen LogP contribution >= 0.6 is 11.6 Å². The van der Waals surface area contributed by atoms with Crippen molar-refractivity contribution in [2.24, 2.45) is 0 Å². The molecule has 0 aliphatic carbocycles. The van der Waals surface area contributed by atoms with Crippen molar-refractivity contribution in [1.82, 2.24) is 4.90 Å². The Bertz CT molecular complexity index is 468. The van der Waals surface area contributed by atoms with Crippen LogP contribution in [0.25, 0.3) is 0 Å². The van der Waals surface area contributed by atoms with E-state index >= 15 is 0 Å². The van der Waals surface area contributed by atoms with Gasteiger partial charge in [-0.3, -0.25) is 4.90 Å². The van der Waals surface area contributed by atoms with E-state index in [1.54, 1.807) is 4.90 Å². The van der Waals surface area contributed by atoms with E-state index in [-0.39, 0.29) is 12.1 Å². The van der Waals surface area contributed by atoms with E-state index in [0.717, 1.165) is 18.1 Å². The number of hydrogen-bond donors (Lipinski definition) is 1. The third-order valence-corrected chi connectivity index (χ3v) is 3.47. The van der Waals surface area contributed by atoms with Crippen molar-refractivity contribution in [3.63, 3.8) is 0 Å². The number of nitrogens with two attached hydrogens (primary N) is 1. The summed E-state index contributed by atoms with van der Waals surface area (Å²) >= 11 is 5.91. The van der Waals surface area contributed by atoms with Gasteiger partial charge in [-0.2, -0.15) is 0 Å². The molecule has 20 heavy (non-hydrogen) atoms. The smallest absolute Gasteiger partial charge is 0.410 e. The maximum atomic E-state index is 12.1. The van der Waals surface area contributed by atoms with Gasteiger partial charge in [0.2, 0.25) is 0 Å². The topological polar surface area (TPSA) is 46.1 Å². The molecule has 0 aromatic heterocycles. The second-order valence-electron chi connectivity index (χ2n) is 6.11. The van der Waals surface area contributed by atoms with E-state index in [4.69, 9.17) is 16.3 Å². The molecule has 1 atom stereocenters. The molecule has 1 saturated heterocycles. The second kappa shape index (κ2) is 6.02. The van der Waals surface area contributed by atoms with Gasteiger partial charge in [0.15, 0.2) is 0 Å². The van der Waals surface area contributed by atoms with Gasteiger partial charge in [0.25, 0.3) is 0 Å². The number of rotatable bonds is 1. The monoisotopic (exact) mass is 297 g/mol. The summed E-state index contributed by atoms with van der Waals surface area (Å²) < 4.78 is 5.43. The molecule has 4 nitrogen and oxygen atoms in total. The molecule has 1 amide bonds. The number of hydrogen-bond acceptors (Lipinski definition) is 2.